The first-order chi connectivity index (χ1) is 4.92. The fraction of sp³-hybridized carbons (Fsp3) is 0.100. The Bertz CT molecular complexity index is 277. The molecule has 0 nitrogen and oxygen atoms in total. The Hall–Kier alpha value is -1.04. The summed E-state index contributed by atoms with van der Waals surface area (Å²) in [5.74, 6) is 0. The molecule has 2 aliphatic rings. The summed E-state index contributed by atoms with van der Waals surface area (Å²) in [5.41, 5.74) is 4.08. The molecule has 2 aliphatic carbocycles. The number of hydrogen-bond donors (Lipinski definition) is 0. The summed E-state index contributed by atoms with van der Waals surface area (Å²) in [5, 5.41) is 0. The summed E-state index contributed by atoms with van der Waals surface area (Å²) >= 11 is 0. The lowest BCUT2D eigenvalue weighted by Crippen LogP contribution is -1.81. The Balaban J connectivity index is 0.000000605. The van der Waals surface area contributed by atoms with Crippen molar-refractivity contribution >= 4 is 0 Å². The van der Waals surface area contributed by atoms with Gasteiger partial charge in [-0.1, -0.05) is 37.3 Å². The van der Waals surface area contributed by atoms with Crippen molar-refractivity contribution in [3.63, 3.8) is 0 Å². The molecule has 0 amide bonds. The lowest BCUT2D eigenvalue weighted by atomic mass is 10.1. The number of hydrogen-bond acceptors (Lipinski definition) is 0. The van der Waals surface area contributed by atoms with Crippen molar-refractivity contribution in [1.82, 2.24) is 0 Å². The molecule has 0 aromatic carbocycles. The van der Waals surface area contributed by atoms with E-state index in [4.69, 9.17) is 0 Å². The van der Waals surface area contributed by atoms with Crippen molar-refractivity contribution in [3.8, 4) is 0 Å². The molecule has 0 aromatic rings. The molecule has 2 rings (SSSR count). The molecule has 0 spiro atoms. The summed E-state index contributed by atoms with van der Waals surface area (Å²) < 4.78 is 0. The minimum absolute atomic E-state index is 0. The van der Waals surface area contributed by atoms with Crippen molar-refractivity contribution in [2.75, 3.05) is 0 Å². The van der Waals surface area contributed by atoms with E-state index in [0.717, 1.165) is 0 Å². The maximum absolute atomic E-state index is 2.16. The smallest absolute Gasteiger partial charge is 0.0610 e. The molecular formula is C10H10+. The Labute approximate surface area is 62.7 Å². The van der Waals surface area contributed by atoms with Crippen LogP contribution in [0.4, 0.5) is 0 Å². The Morgan fingerprint density at radius 3 is 3.00 bits per heavy atom. The van der Waals surface area contributed by atoms with Crippen molar-refractivity contribution in [2.45, 2.75) is 6.92 Å². The van der Waals surface area contributed by atoms with Gasteiger partial charge in [0.05, 0.1) is 0 Å². The van der Waals surface area contributed by atoms with E-state index in [-0.39, 0.29) is 1.43 Å². The summed E-state index contributed by atoms with van der Waals surface area (Å²) in [4.78, 5) is 0. The maximum Gasteiger partial charge on any atom is 1.00 e. The van der Waals surface area contributed by atoms with E-state index in [9.17, 15) is 0 Å². The lowest BCUT2D eigenvalue weighted by molar-refractivity contribution is 1.40. The highest BCUT2D eigenvalue weighted by atomic mass is 14.2. The molecule has 10 heavy (non-hydrogen) atoms. The first-order valence-electron chi connectivity index (χ1n) is 3.52. The minimum Gasteiger partial charge on any atom is -0.0610 e. The summed E-state index contributed by atoms with van der Waals surface area (Å²) in [6, 6.07) is 0. The number of fused-ring (bicyclic) bond motifs is 1. The Kier molecular flexibility index (Phi) is 1.13. The van der Waals surface area contributed by atoms with E-state index in [0.29, 0.717) is 0 Å². The molecule has 49 valence electrons. The Morgan fingerprint density at radius 2 is 2.20 bits per heavy atom. The molecular weight excluding hydrogens is 120 g/mol. The molecule has 0 N–H and O–H groups in total. The summed E-state index contributed by atoms with van der Waals surface area (Å²) in [6.45, 7) is 2.07. The van der Waals surface area contributed by atoms with E-state index in [1.807, 2.05) is 0 Å². The zero-order valence-corrected chi connectivity index (χ0v) is 5.96. The first-order valence-corrected chi connectivity index (χ1v) is 3.52. The molecule has 0 bridgehead atoms. The highest BCUT2D eigenvalue weighted by molar-refractivity contribution is 5.65. The molecule has 0 aromatic heterocycles. The van der Waals surface area contributed by atoms with Crippen molar-refractivity contribution in [1.29, 1.82) is 0 Å². The third-order valence-corrected chi connectivity index (χ3v) is 1.91. The summed E-state index contributed by atoms with van der Waals surface area (Å²) in [7, 11) is 0. The van der Waals surface area contributed by atoms with Crippen LogP contribution in [0.1, 0.15) is 8.35 Å². The minimum atomic E-state index is 0. The van der Waals surface area contributed by atoms with E-state index >= 15 is 0 Å². The number of rotatable bonds is 1. The standard InChI is InChI=1S/C10H9/c1-2-8-6-7-9-4-3-5-10(8)9/h2-7H,1H3/p+1. The average molecular weight is 130 g/mol. The van der Waals surface area contributed by atoms with E-state index < -0.39 is 0 Å². The van der Waals surface area contributed by atoms with E-state index in [2.05, 4.69) is 43.7 Å². The molecule has 0 saturated carbocycles. The normalized spacial score (nSPS) is 20.3. The van der Waals surface area contributed by atoms with Gasteiger partial charge in [-0.25, -0.2) is 0 Å². The second-order valence-corrected chi connectivity index (χ2v) is 2.47. The van der Waals surface area contributed by atoms with Crippen LogP contribution in [0.5, 0.6) is 0 Å². The predicted octanol–water partition coefficient (Wildman–Crippen LogP) is 2.69. The first kappa shape index (κ1) is 5.72. The topological polar surface area (TPSA) is 0 Å². The highest BCUT2D eigenvalue weighted by Crippen LogP contribution is 2.31. The maximum atomic E-state index is 2.16. The highest BCUT2D eigenvalue weighted by Gasteiger charge is 2.13. The SMILES string of the molecule is C[CH]C1=CC=C2C=CC=C12.[H+]. The van der Waals surface area contributed by atoms with Crippen molar-refractivity contribution in [2.24, 2.45) is 0 Å². The van der Waals surface area contributed by atoms with Crippen LogP contribution in [0.3, 0.4) is 0 Å². The lowest BCUT2D eigenvalue weighted by Gasteiger charge is -1.98. The Morgan fingerprint density at radius 1 is 1.30 bits per heavy atom. The zero-order valence-electron chi connectivity index (χ0n) is 6.96. The van der Waals surface area contributed by atoms with Crippen LogP contribution in [0.15, 0.2) is 47.1 Å². The fourth-order valence-electron chi connectivity index (χ4n) is 1.36. The van der Waals surface area contributed by atoms with Gasteiger partial charge < -0.3 is 0 Å². The van der Waals surface area contributed by atoms with Gasteiger partial charge in [0.2, 0.25) is 0 Å². The van der Waals surface area contributed by atoms with Crippen LogP contribution >= 0.6 is 0 Å². The second kappa shape index (κ2) is 1.98. The predicted molar refractivity (Wildman–Crippen MR) is 44.5 cm³/mol. The van der Waals surface area contributed by atoms with Crippen LogP contribution < -0.4 is 0 Å². The van der Waals surface area contributed by atoms with Gasteiger partial charge in [0.1, 0.15) is 0 Å². The largest absolute Gasteiger partial charge is 1.00 e. The third-order valence-electron chi connectivity index (χ3n) is 1.91. The second-order valence-electron chi connectivity index (χ2n) is 2.47. The molecule has 0 saturated heterocycles. The molecule has 0 heterocycles. The van der Waals surface area contributed by atoms with Gasteiger partial charge in [0.25, 0.3) is 0 Å². The van der Waals surface area contributed by atoms with Gasteiger partial charge in [0.15, 0.2) is 0 Å². The molecule has 0 fully saturated rings. The fourth-order valence-corrected chi connectivity index (χ4v) is 1.36. The van der Waals surface area contributed by atoms with Gasteiger partial charge >= 0.3 is 1.43 Å². The number of allylic oxidation sites excluding steroid dienone is 8. The zero-order chi connectivity index (χ0) is 6.97. The van der Waals surface area contributed by atoms with Crippen LogP contribution in [-0.4, -0.2) is 0 Å². The summed E-state index contributed by atoms with van der Waals surface area (Å²) in [6.07, 6.45) is 12.8. The van der Waals surface area contributed by atoms with Crippen LogP contribution in [0, 0.1) is 6.42 Å². The van der Waals surface area contributed by atoms with E-state index in [1.54, 1.807) is 0 Å². The van der Waals surface area contributed by atoms with Gasteiger partial charge in [-0.3, -0.25) is 0 Å². The average Bonchev–Trinajstić information content (AvgIpc) is 2.44. The van der Waals surface area contributed by atoms with Gasteiger partial charge in [0, 0.05) is 0 Å². The van der Waals surface area contributed by atoms with Crippen LogP contribution in [0.2, 0.25) is 0 Å². The van der Waals surface area contributed by atoms with Crippen molar-refractivity contribution in [3.05, 3.63) is 53.5 Å². The molecule has 0 aliphatic heterocycles. The van der Waals surface area contributed by atoms with Gasteiger partial charge in [-0.2, -0.15) is 0 Å². The third kappa shape index (κ3) is 0.621. The molecule has 0 unspecified atom stereocenters. The van der Waals surface area contributed by atoms with Crippen LogP contribution in [0.25, 0.3) is 0 Å². The monoisotopic (exact) mass is 130 g/mol. The van der Waals surface area contributed by atoms with Gasteiger partial charge in [-0.15, -0.1) is 0 Å². The quantitative estimate of drug-likeness (QED) is 0.512. The van der Waals surface area contributed by atoms with Crippen LogP contribution in [-0.2, 0) is 0 Å². The van der Waals surface area contributed by atoms with E-state index in [1.165, 1.54) is 16.7 Å². The van der Waals surface area contributed by atoms with Gasteiger partial charge in [-0.05, 0) is 23.1 Å². The van der Waals surface area contributed by atoms with Crippen molar-refractivity contribution < 1.29 is 1.43 Å². The molecule has 0 heteroatoms. The molecule has 1 radical (unpaired) electrons. The molecule has 0 atom stereocenters.